The zero-order chi connectivity index (χ0) is 21.9. The molecule has 1 atom stereocenters. The topological polar surface area (TPSA) is 71.2 Å². The SMILES string of the molecule is [B]C1(O)c2ncccc2C(=O)N1Cc1ccc(-c2cc(F)cc3nn(C)cc23)cc1C. The van der Waals surface area contributed by atoms with Gasteiger partial charge in [0, 0.05) is 37.4 Å². The summed E-state index contributed by atoms with van der Waals surface area (Å²) >= 11 is 0. The number of rotatable bonds is 3. The van der Waals surface area contributed by atoms with Crippen LogP contribution in [0.4, 0.5) is 4.39 Å². The lowest BCUT2D eigenvalue weighted by molar-refractivity contribution is -0.0224. The zero-order valence-electron chi connectivity index (χ0n) is 17.0. The van der Waals surface area contributed by atoms with Crippen LogP contribution < -0.4 is 0 Å². The molecule has 8 heteroatoms. The molecule has 2 radical (unpaired) electrons. The lowest BCUT2D eigenvalue weighted by atomic mass is 9.86. The number of aromatic nitrogens is 3. The molecular formula is C23H18BFN4O2. The fourth-order valence-electron chi connectivity index (χ4n) is 4.15. The predicted octanol–water partition coefficient (Wildman–Crippen LogP) is 3.01. The Morgan fingerprint density at radius 2 is 2.00 bits per heavy atom. The van der Waals surface area contributed by atoms with Gasteiger partial charge in [0.15, 0.2) is 7.85 Å². The molecule has 0 fully saturated rings. The predicted molar refractivity (Wildman–Crippen MR) is 115 cm³/mol. The standard InChI is InChI=1S/C23H18BFN4O2/c1-13-8-14(18-9-16(25)10-20-19(18)12-28(2)27-20)5-6-15(13)11-29-22(30)17-4-3-7-26-21(17)23(29,24)31/h3-10,12,31H,11H2,1-2H3. The van der Waals surface area contributed by atoms with Gasteiger partial charge >= 0.3 is 0 Å². The number of hydrogen-bond donors (Lipinski definition) is 1. The summed E-state index contributed by atoms with van der Waals surface area (Å²) < 4.78 is 15.8. The minimum Gasteiger partial charge on any atom is -0.374 e. The third-order valence-electron chi connectivity index (χ3n) is 5.73. The number of amides is 1. The number of carbonyl (C=O) groups excluding carboxylic acids is 1. The van der Waals surface area contributed by atoms with E-state index in [1.54, 1.807) is 23.9 Å². The fraction of sp³-hybridized carbons (Fsp3) is 0.174. The Kier molecular flexibility index (Phi) is 4.23. The van der Waals surface area contributed by atoms with Crippen LogP contribution in [0.15, 0.2) is 54.9 Å². The van der Waals surface area contributed by atoms with Crippen LogP contribution in [0, 0.1) is 12.7 Å². The quantitative estimate of drug-likeness (QED) is 0.526. The summed E-state index contributed by atoms with van der Waals surface area (Å²) in [6.45, 7) is 2.01. The van der Waals surface area contributed by atoms with Gasteiger partial charge in [-0.25, -0.2) is 4.39 Å². The molecule has 31 heavy (non-hydrogen) atoms. The number of aryl methyl sites for hydroxylation is 2. The number of nitrogens with zero attached hydrogens (tertiary/aromatic N) is 4. The van der Waals surface area contributed by atoms with Crippen molar-refractivity contribution >= 4 is 24.7 Å². The molecular weight excluding hydrogens is 394 g/mol. The molecule has 6 nitrogen and oxygen atoms in total. The zero-order valence-corrected chi connectivity index (χ0v) is 17.0. The van der Waals surface area contributed by atoms with Gasteiger partial charge in [-0.3, -0.25) is 14.5 Å². The summed E-state index contributed by atoms with van der Waals surface area (Å²) in [7, 11) is 7.87. The fourth-order valence-corrected chi connectivity index (χ4v) is 4.15. The van der Waals surface area contributed by atoms with Crippen LogP contribution in [0.5, 0.6) is 0 Å². The van der Waals surface area contributed by atoms with Gasteiger partial charge in [-0.2, -0.15) is 5.10 Å². The summed E-state index contributed by atoms with van der Waals surface area (Å²) in [5, 5.41) is 15.9. The van der Waals surface area contributed by atoms with Crippen molar-refractivity contribution < 1.29 is 14.3 Å². The molecule has 1 N–H and O–H groups in total. The number of fused-ring (bicyclic) bond motifs is 2. The highest BCUT2D eigenvalue weighted by atomic mass is 19.1. The molecule has 5 rings (SSSR count). The van der Waals surface area contributed by atoms with Gasteiger partial charge in [-0.05, 0) is 47.4 Å². The van der Waals surface area contributed by atoms with Crippen LogP contribution in [0.1, 0.15) is 27.2 Å². The summed E-state index contributed by atoms with van der Waals surface area (Å²) in [6, 6.07) is 11.8. The molecule has 0 saturated heterocycles. The highest BCUT2D eigenvalue weighted by Crippen LogP contribution is 2.36. The Morgan fingerprint density at radius 3 is 2.74 bits per heavy atom. The Balaban J connectivity index is 1.51. The lowest BCUT2D eigenvalue weighted by Gasteiger charge is -2.31. The molecule has 1 unspecified atom stereocenters. The Bertz CT molecular complexity index is 1370. The average Bonchev–Trinajstić information content (AvgIpc) is 3.19. The van der Waals surface area contributed by atoms with Crippen molar-refractivity contribution in [1.82, 2.24) is 19.7 Å². The van der Waals surface area contributed by atoms with Gasteiger partial charge in [0.2, 0.25) is 0 Å². The summed E-state index contributed by atoms with van der Waals surface area (Å²) in [6.07, 6.45) is 3.35. The van der Waals surface area contributed by atoms with Crippen LogP contribution >= 0.6 is 0 Å². The Labute approximate surface area is 179 Å². The van der Waals surface area contributed by atoms with E-state index < -0.39 is 5.62 Å². The minimum absolute atomic E-state index is 0.111. The molecule has 152 valence electrons. The van der Waals surface area contributed by atoms with E-state index in [1.165, 1.54) is 23.2 Å². The van der Waals surface area contributed by atoms with Gasteiger partial charge in [-0.1, -0.05) is 18.2 Å². The third kappa shape index (κ3) is 3.02. The van der Waals surface area contributed by atoms with E-state index in [4.69, 9.17) is 7.85 Å². The van der Waals surface area contributed by atoms with Crippen molar-refractivity contribution in [3.8, 4) is 11.1 Å². The minimum atomic E-state index is -1.98. The van der Waals surface area contributed by atoms with Crippen molar-refractivity contribution in [3.63, 3.8) is 0 Å². The second-order valence-electron chi connectivity index (χ2n) is 7.85. The van der Waals surface area contributed by atoms with Gasteiger partial charge in [0.25, 0.3) is 5.91 Å². The van der Waals surface area contributed by atoms with E-state index in [-0.39, 0.29) is 24.0 Å². The smallest absolute Gasteiger partial charge is 0.258 e. The molecule has 3 heterocycles. The van der Waals surface area contributed by atoms with Gasteiger partial charge < -0.3 is 10.0 Å². The first kappa shape index (κ1) is 19.4. The highest BCUT2D eigenvalue weighted by molar-refractivity contribution is 6.19. The van der Waals surface area contributed by atoms with E-state index >= 15 is 0 Å². The van der Waals surface area contributed by atoms with E-state index in [9.17, 15) is 14.3 Å². The summed E-state index contributed by atoms with van der Waals surface area (Å²) in [4.78, 5) is 18.1. The first-order valence-electron chi connectivity index (χ1n) is 9.77. The normalized spacial score (nSPS) is 18.1. The first-order valence-corrected chi connectivity index (χ1v) is 9.77. The van der Waals surface area contributed by atoms with Crippen molar-refractivity contribution in [2.24, 2.45) is 7.05 Å². The van der Waals surface area contributed by atoms with Crippen LogP contribution in [-0.2, 0) is 19.2 Å². The second kappa shape index (κ2) is 6.75. The molecule has 1 amide bonds. The van der Waals surface area contributed by atoms with Crippen molar-refractivity contribution in [1.29, 1.82) is 0 Å². The van der Waals surface area contributed by atoms with E-state index in [1.807, 2.05) is 31.3 Å². The van der Waals surface area contributed by atoms with E-state index in [0.717, 1.165) is 27.6 Å². The third-order valence-corrected chi connectivity index (χ3v) is 5.73. The van der Waals surface area contributed by atoms with Crippen LogP contribution in [0.2, 0.25) is 0 Å². The number of aliphatic hydroxyl groups is 1. The molecule has 4 aromatic rings. The summed E-state index contributed by atoms with van der Waals surface area (Å²) in [5.74, 6) is -0.733. The Morgan fingerprint density at radius 1 is 1.19 bits per heavy atom. The number of pyridine rings is 1. The number of benzene rings is 2. The van der Waals surface area contributed by atoms with Gasteiger partial charge in [-0.15, -0.1) is 0 Å². The van der Waals surface area contributed by atoms with Crippen molar-refractivity contribution in [2.75, 3.05) is 0 Å². The number of carbonyl (C=O) groups is 1. The number of hydrogen-bond acceptors (Lipinski definition) is 4. The van der Waals surface area contributed by atoms with Gasteiger partial charge in [0.05, 0.1) is 16.8 Å². The molecule has 0 spiro atoms. The maximum absolute atomic E-state index is 14.2. The maximum atomic E-state index is 14.2. The van der Waals surface area contributed by atoms with E-state index in [2.05, 4.69) is 10.1 Å². The molecule has 2 aromatic carbocycles. The maximum Gasteiger partial charge on any atom is 0.258 e. The molecule has 0 bridgehead atoms. The van der Waals surface area contributed by atoms with Crippen molar-refractivity contribution in [3.05, 3.63) is 83.1 Å². The van der Waals surface area contributed by atoms with Gasteiger partial charge in [0.1, 0.15) is 11.4 Å². The lowest BCUT2D eigenvalue weighted by Crippen LogP contribution is -2.44. The highest BCUT2D eigenvalue weighted by Gasteiger charge is 2.45. The molecule has 2 aromatic heterocycles. The molecule has 1 aliphatic rings. The summed E-state index contributed by atoms with van der Waals surface area (Å²) in [5.41, 5.74) is 2.30. The van der Waals surface area contributed by atoms with Crippen LogP contribution in [0.25, 0.3) is 22.0 Å². The largest absolute Gasteiger partial charge is 0.374 e. The molecule has 1 aliphatic heterocycles. The van der Waals surface area contributed by atoms with Crippen molar-refractivity contribution in [2.45, 2.75) is 19.1 Å². The van der Waals surface area contributed by atoms with E-state index in [0.29, 0.717) is 11.1 Å². The monoisotopic (exact) mass is 412 g/mol. The molecule has 0 saturated carbocycles. The first-order chi connectivity index (χ1) is 14.8. The van der Waals surface area contributed by atoms with Crippen LogP contribution in [0.3, 0.4) is 0 Å². The molecule has 0 aliphatic carbocycles. The Hall–Kier alpha value is -3.52. The number of halogens is 1. The van der Waals surface area contributed by atoms with Crippen LogP contribution in [-0.4, -0.2) is 38.5 Å². The second-order valence-corrected chi connectivity index (χ2v) is 7.85. The average molecular weight is 412 g/mol.